The molecule has 0 aliphatic carbocycles. The average molecular weight is 295 g/mol. The summed E-state index contributed by atoms with van der Waals surface area (Å²) in [7, 11) is 2.02. The highest BCUT2D eigenvalue weighted by atomic mass is 35.5. The highest BCUT2D eigenvalue weighted by molar-refractivity contribution is 6.32. The number of hydrogen-bond acceptors (Lipinski definition) is 2. The van der Waals surface area contributed by atoms with Crippen LogP contribution in [0.2, 0.25) is 5.02 Å². The van der Waals surface area contributed by atoms with E-state index in [1.807, 2.05) is 50.4 Å². The summed E-state index contributed by atoms with van der Waals surface area (Å²) in [4.78, 5) is 6.62. The second-order valence-electron chi connectivity index (χ2n) is 4.54. The summed E-state index contributed by atoms with van der Waals surface area (Å²) in [5.41, 5.74) is 4.08. The Balaban J connectivity index is 2.15. The van der Waals surface area contributed by atoms with Gasteiger partial charge in [-0.1, -0.05) is 23.7 Å². The molecule has 1 aromatic carbocycles. The topological polar surface area (TPSA) is 16.1 Å². The standard InChI is InChI=1S/C15H16Cl2N2/c1-11-4-3-5-13(18-11)10-19(2)14-7-6-12(9-16)15(17)8-14/h3-8H,9-10H2,1-2H3. The molecule has 100 valence electrons. The van der Waals surface area contributed by atoms with E-state index in [1.165, 1.54) is 0 Å². The number of halogens is 2. The van der Waals surface area contributed by atoms with Crippen molar-refractivity contribution >= 4 is 28.9 Å². The van der Waals surface area contributed by atoms with Gasteiger partial charge in [0.05, 0.1) is 12.2 Å². The molecule has 0 spiro atoms. The predicted molar refractivity (Wildman–Crippen MR) is 82.1 cm³/mol. The lowest BCUT2D eigenvalue weighted by Gasteiger charge is -2.20. The number of benzene rings is 1. The number of rotatable bonds is 4. The van der Waals surface area contributed by atoms with Gasteiger partial charge in [-0.25, -0.2) is 0 Å². The highest BCUT2D eigenvalue weighted by Crippen LogP contribution is 2.25. The SMILES string of the molecule is Cc1cccc(CN(C)c2ccc(CCl)c(Cl)c2)n1. The molecule has 0 aliphatic heterocycles. The van der Waals surface area contributed by atoms with Gasteiger partial charge in [-0.05, 0) is 36.8 Å². The van der Waals surface area contributed by atoms with Gasteiger partial charge in [0.2, 0.25) is 0 Å². The van der Waals surface area contributed by atoms with Gasteiger partial charge in [0, 0.05) is 29.3 Å². The van der Waals surface area contributed by atoms with Gasteiger partial charge in [-0.15, -0.1) is 11.6 Å². The summed E-state index contributed by atoms with van der Waals surface area (Å²) in [6.45, 7) is 2.74. The van der Waals surface area contributed by atoms with Gasteiger partial charge in [-0.2, -0.15) is 0 Å². The lowest BCUT2D eigenvalue weighted by Crippen LogP contribution is -2.17. The summed E-state index contributed by atoms with van der Waals surface area (Å²) >= 11 is 12.0. The third-order valence-electron chi connectivity index (χ3n) is 2.97. The molecular formula is C15H16Cl2N2. The van der Waals surface area contributed by atoms with Crippen molar-refractivity contribution in [3.8, 4) is 0 Å². The Labute approximate surface area is 124 Å². The van der Waals surface area contributed by atoms with E-state index >= 15 is 0 Å². The second-order valence-corrected chi connectivity index (χ2v) is 5.21. The van der Waals surface area contributed by atoms with Gasteiger partial charge < -0.3 is 4.90 Å². The molecule has 1 aromatic heterocycles. The molecule has 0 aliphatic rings. The van der Waals surface area contributed by atoms with Crippen LogP contribution in [-0.2, 0) is 12.4 Å². The zero-order chi connectivity index (χ0) is 13.8. The number of aromatic nitrogens is 1. The number of hydrogen-bond donors (Lipinski definition) is 0. The fourth-order valence-electron chi connectivity index (χ4n) is 1.90. The molecule has 0 N–H and O–H groups in total. The summed E-state index contributed by atoms with van der Waals surface area (Å²) in [6, 6.07) is 12.0. The van der Waals surface area contributed by atoms with Crippen LogP contribution >= 0.6 is 23.2 Å². The van der Waals surface area contributed by atoms with E-state index in [9.17, 15) is 0 Å². The summed E-state index contributed by atoms with van der Waals surface area (Å²) in [6.07, 6.45) is 0. The molecule has 0 unspecified atom stereocenters. The summed E-state index contributed by atoms with van der Waals surface area (Å²) in [5.74, 6) is 0.433. The van der Waals surface area contributed by atoms with Crippen molar-refractivity contribution in [1.82, 2.24) is 4.98 Å². The summed E-state index contributed by atoms with van der Waals surface area (Å²) in [5, 5.41) is 0.705. The fourth-order valence-corrected chi connectivity index (χ4v) is 2.45. The van der Waals surface area contributed by atoms with Crippen LogP contribution in [0.3, 0.4) is 0 Å². The van der Waals surface area contributed by atoms with Crippen LogP contribution in [0.25, 0.3) is 0 Å². The third-order valence-corrected chi connectivity index (χ3v) is 3.61. The monoisotopic (exact) mass is 294 g/mol. The van der Waals surface area contributed by atoms with Crippen LogP contribution in [0, 0.1) is 6.92 Å². The Bertz CT molecular complexity index is 570. The van der Waals surface area contributed by atoms with E-state index in [1.54, 1.807) is 0 Å². The molecule has 0 fully saturated rings. The lowest BCUT2D eigenvalue weighted by atomic mass is 10.2. The first-order chi connectivity index (χ1) is 9.10. The molecule has 0 bridgehead atoms. The summed E-state index contributed by atoms with van der Waals surface area (Å²) < 4.78 is 0. The maximum Gasteiger partial charge on any atom is 0.0600 e. The van der Waals surface area contributed by atoms with E-state index in [2.05, 4.69) is 9.88 Å². The van der Waals surface area contributed by atoms with Crippen LogP contribution in [-0.4, -0.2) is 12.0 Å². The Hall–Kier alpha value is -1.25. The van der Waals surface area contributed by atoms with Crippen molar-refractivity contribution in [2.45, 2.75) is 19.3 Å². The minimum Gasteiger partial charge on any atom is -0.369 e. The molecule has 0 atom stereocenters. The number of nitrogens with zero attached hydrogens (tertiary/aromatic N) is 2. The maximum atomic E-state index is 6.18. The molecule has 2 rings (SSSR count). The molecule has 1 heterocycles. The second kappa shape index (κ2) is 6.27. The number of anilines is 1. The van der Waals surface area contributed by atoms with Crippen molar-refractivity contribution < 1.29 is 0 Å². The highest BCUT2D eigenvalue weighted by Gasteiger charge is 2.06. The predicted octanol–water partition coefficient (Wildman–Crippen LogP) is 4.42. The minimum atomic E-state index is 0.433. The molecule has 4 heteroatoms. The van der Waals surface area contributed by atoms with Crippen molar-refractivity contribution in [1.29, 1.82) is 0 Å². The molecule has 0 radical (unpaired) electrons. The maximum absolute atomic E-state index is 6.18. The smallest absolute Gasteiger partial charge is 0.0600 e. The molecular weight excluding hydrogens is 279 g/mol. The lowest BCUT2D eigenvalue weighted by molar-refractivity contribution is 0.876. The van der Waals surface area contributed by atoms with Crippen LogP contribution < -0.4 is 4.90 Å². The molecule has 0 saturated carbocycles. The quantitative estimate of drug-likeness (QED) is 0.776. The van der Waals surface area contributed by atoms with Gasteiger partial charge in [0.15, 0.2) is 0 Å². The van der Waals surface area contributed by atoms with Gasteiger partial charge in [0.25, 0.3) is 0 Å². The number of alkyl halides is 1. The van der Waals surface area contributed by atoms with Crippen molar-refractivity contribution in [3.05, 3.63) is 58.4 Å². The van der Waals surface area contributed by atoms with E-state index in [0.717, 1.165) is 29.2 Å². The molecule has 0 saturated heterocycles. The number of aryl methyl sites for hydroxylation is 1. The van der Waals surface area contributed by atoms with E-state index < -0.39 is 0 Å². The molecule has 2 nitrogen and oxygen atoms in total. The van der Waals surface area contributed by atoms with Gasteiger partial charge in [0.1, 0.15) is 0 Å². The zero-order valence-electron chi connectivity index (χ0n) is 11.0. The van der Waals surface area contributed by atoms with E-state index in [-0.39, 0.29) is 0 Å². The van der Waals surface area contributed by atoms with Gasteiger partial charge in [-0.3, -0.25) is 4.98 Å². The Morgan fingerprint density at radius 1 is 1.21 bits per heavy atom. The molecule has 0 amide bonds. The first-order valence-corrected chi connectivity index (χ1v) is 6.99. The van der Waals surface area contributed by atoms with E-state index in [4.69, 9.17) is 23.2 Å². The fraction of sp³-hybridized carbons (Fsp3) is 0.267. The van der Waals surface area contributed by atoms with Crippen LogP contribution in [0.4, 0.5) is 5.69 Å². The van der Waals surface area contributed by atoms with E-state index in [0.29, 0.717) is 10.9 Å². The van der Waals surface area contributed by atoms with Crippen LogP contribution in [0.5, 0.6) is 0 Å². The first-order valence-electron chi connectivity index (χ1n) is 6.08. The molecule has 19 heavy (non-hydrogen) atoms. The van der Waals surface area contributed by atoms with Crippen molar-refractivity contribution in [2.24, 2.45) is 0 Å². The number of pyridine rings is 1. The molecule has 2 aromatic rings. The van der Waals surface area contributed by atoms with Crippen LogP contribution in [0.1, 0.15) is 17.0 Å². The Morgan fingerprint density at radius 2 is 2.00 bits per heavy atom. The normalized spacial score (nSPS) is 10.5. The van der Waals surface area contributed by atoms with Crippen molar-refractivity contribution in [2.75, 3.05) is 11.9 Å². The zero-order valence-corrected chi connectivity index (χ0v) is 12.5. The van der Waals surface area contributed by atoms with Gasteiger partial charge >= 0.3 is 0 Å². The average Bonchev–Trinajstić information content (AvgIpc) is 2.38. The first kappa shape index (κ1) is 14.2. The minimum absolute atomic E-state index is 0.433. The third kappa shape index (κ3) is 3.62. The Morgan fingerprint density at radius 3 is 2.63 bits per heavy atom. The largest absolute Gasteiger partial charge is 0.369 e. The van der Waals surface area contributed by atoms with Crippen molar-refractivity contribution in [3.63, 3.8) is 0 Å². The Kier molecular flexibility index (Phi) is 4.67. The van der Waals surface area contributed by atoms with Crippen LogP contribution in [0.15, 0.2) is 36.4 Å².